The van der Waals surface area contributed by atoms with E-state index < -0.39 is 0 Å². The highest BCUT2D eigenvalue weighted by Gasteiger charge is 2.16. The molecule has 1 amide bonds. The highest BCUT2D eigenvalue weighted by molar-refractivity contribution is 5.99. The lowest BCUT2D eigenvalue weighted by atomic mass is 10.1. The van der Waals surface area contributed by atoms with Gasteiger partial charge >= 0.3 is 0 Å². The SMILES string of the molecule is CN(C)[C@@H](CNC(=O)c1ccccc1N)c1ccccc1. The molecular formula is C17H21N3O. The molecule has 2 aromatic carbocycles. The largest absolute Gasteiger partial charge is 0.398 e. The van der Waals surface area contributed by atoms with Crippen LogP contribution in [-0.2, 0) is 0 Å². The third-order valence-electron chi connectivity index (χ3n) is 3.47. The van der Waals surface area contributed by atoms with E-state index in [1.807, 2.05) is 44.4 Å². The number of nitrogen functional groups attached to an aromatic ring is 1. The number of nitrogens with one attached hydrogen (secondary N) is 1. The van der Waals surface area contributed by atoms with Gasteiger partial charge in [0.2, 0.25) is 0 Å². The molecule has 0 bridgehead atoms. The quantitative estimate of drug-likeness (QED) is 0.828. The maximum Gasteiger partial charge on any atom is 0.253 e. The molecule has 2 aromatic rings. The Morgan fingerprint density at radius 3 is 2.33 bits per heavy atom. The van der Waals surface area contributed by atoms with Gasteiger partial charge in [-0.05, 0) is 31.8 Å². The zero-order valence-electron chi connectivity index (χ0n) is 12.4. The molecule has 0 aliphatic heterocycles. The minimum atomic E-state index is -0.143. The van der Waals surface area contributed by atoms with E-state index in [0.29, 0.717) is 17.8 Å². The maximum absolute atomic E-state index is 12.2. The lowest BCUT2D eigenvalue weighted by molar-refractivity contribution is 0.0943. The summed E-state index contributed by atoms with van der Waals surface area (Å²) in [5.74, 6) is -0.143. The van der Waals surface area contributed by atoms with Gasteiger partial charge in [-0.2, -0.15) is 0 Å². The minimum Gasteiger partial charge on any atom is -0.398 e. The van der Waals surface area contributed by atoms with E-state index in [-0.39, 0.29) is 11.9 Å². The predicted molar refractivity (Wildman–Crippen MR) is 86.1 cm³/mol. The molecule has 2 rings (SSSR count). The number of hydrogen-bond donors (Lipinski definition) is 2. The number of carbonyl (C=O) groups is 1. The van der Waals surface area contributed by atoms with Crippen molar-refractivity contribution in [2.45, 2.75) is 6.04 Å². The third-order valence-corrected chi connectivity index (χ3v) is 3.47. The standard InChI is InChI=1S/C17H21N3O/c1-20(2)16(13-8-4-3-5-9-13)12-19-17(21)14-10-6-7-11-15(14)18/h3-11,16H,12,18H2,1-2H3,(H,19,21)/t16-/m0/s1. The van der Waals surface area contributed by atoms with Crippen LogP contribution in [0.15, 0.2) is 54.6 Å². The summed E-state index contributed by atoms with van der Waals surface area (Å²) in [7, 11) is 4.00. The maximum atomic E-state index is 12.2. The van der Waals surface area contributed by atoms with Crippen molar-refractivity contribution in [3.05, 3.63) is 65.7 Å². The molecule has 4 nitrogen and oxygen atoms in total. The zero-order chi connectivity index (χ0) is 15.2. The molecule has 0 unspecified atom stereocenters. The van der Waals surface area contributed by atoms with Crippen molar-refractivity contribution in [1.82, 2.24) is 10.2 Å². The van der Waals surface area contributed by atoms with Crippen molar-refractivity contribution in [3.63, 3.8) is 0 Å². The van der Waals surface area contributed by atoms with E-state index >= 15 is 0 Å². The Morgan fingerprint density at radius 2 is 1.71 bits per heavy atom. The molecule has 0 aromatic heterocycles. The summed E-state index contributed by atoms with van der Waals surface area (Å²) in [6.45, 7) is 0.532. The van der Waals surface area contributed by atoms with Crippen LogP contribution >= 0.6 is 0 Å². The van der Waals surface area contributed by atoms with E-state index in [9.17, 15) is 4.79 Å². The topological polar surface area (TPSA) is 58.4 Å². The summed E-state index contributed by atoms with van der Waals surface area (Å²) in [6, 6.07) is 17.3. The summed E-state index contributed by atoms with van der Waals surface area (Å²) in [5, 5.41) is 2.96. The Bertz CT molecular complexity index is 596. The first-order valence-corrected chi connectivity index (χ1v) is 6.93. The fourth-order valence-corrected chi connectivity index (χ4v) is 2.26. The van der Waals surface area contributed by atoms with Crippen LogP contribution < -0.4 is 11.1 Å². The van der Waals surface area contributed by atoms with Gasteiger partial charge in [-0.3, -0.25) is 4.79 Å². The molecule has 3 N–H and O–H groups in total. The van der Waals surface area contributed by atoms with Gasteiger partial charge in [0.05, 0.1) is 11.6 Å². The average molecular weight is 283 g/mol. The monoisotopic (exact) mass is 283 g/mol. The van der Waals surface area contributed by atoms with Gasteiger partial charge in [0.15, 0.2) is 0 Å². The van der Waals surface area contributed by atoms with Crippen molar-refractivity contribution in [2.75, 3.05) is 26.4 Å². The van der Waals surface area contributed by atoms with Crippen LogP contribution in [0, 0.1) is 0 Å². The van der Waals surface area contributed by atoms with E-state index in [4.69, 9.17) is 5.73 Å². The highest BCUT2D eigenvalue weighted by Crippen LogP contribution is 2.17. The molecule has 0 spiro atoms. The molecule has 4 heteroatoms. The molecule has 1 atom stereocenters. The average Bonchev–Trinajstić information content (AvgIpc) is 2.48. The fraction of sp³-hybridized carbons (Fsp3) is 0.235. The number of likely N-dealkylation sites (N-methyl/N-ethyl adjacent to an activating group) is 1. The Hall–Kier alpha value is -2.33. The van der Waals surface area contributed by atoms with Crippen molar-refractivity contribution >= 4 is 11.6 Å². The highest BCUT2D eigenvalue weighted by atomic mass is 16.1. The third kappa shape index (κ3) is 3.83. The summed E-state index contributed by atoms with van der Waals surface area (Å²) in [6.07, 6.45) is 0. The molecule has 0 aliphatic rings. The molecule has 0 radical (unpaired) electrons. The molecule has 0 heterocycles. The molecule has 21 heavy (non-hydrogen) atoms. The second-order valence-corrected chi connectivity index (χ2v) is 5.19. The van der Waals surface area contributed by atoms with Gasteiger partial charge in [-0.25, -0.2) is 0 Å². The van der Waals surface area contributed by atoms with E-state index in [1.54, 1.807) is 12.1 Å². The number of para-hydroxylation sites is 1. The first-order valence-electron chi connectivity index (χ1n) is 6.93. The van der Waals surface area contributed by atoms with Crippen molar-refractivity contribution in [2.24, 2.45) is 0 Å². The molecule has 0 aliphatic carbocycles. The summed E-state index contributed by atoms with van der Waals surface area (Å²) in [4.78, 5) is 14.3. The van der Waals surface area contributed by atoms with Crippen LogP contribution in [0.4, 0.5) is 5.69 Å². The first kappa shape index (κ1) is 15.1. The number of benzene rings is 2. The second kappa shape index (κ2) is 6.90. The number of nitrogens with zero attached hydrogens (tertiary/aromatic N) is 1. The van der Waals surface area contributed by atoms with Crippen molar-refractivity contribution in [1.29, 1.82) is 0 Å². The van der Waals surface area contributed by atoms with Crippen LogP contribution in [0.2, 0.25) is 0 Å². The number of amides is 1. The number of nitrogens with two attached hydrogens (primary N) is 1. The molecule has 0 saturated carbocycles. The number of hydrogen-bond acceptors (Lipinski definition) is 3. The van der Waals surface area contributed by atoms with Gasteiger partial charge in [0.1, 0.15) is 0 Å². The van der Waals surface area contributed by atoms with E-state index in [2.05, 4.69) is 22.3 Å². The summed E-state index contributed by atoms with van der Waals surface area (Å²) in [5.41, 5.74) is 8.01. The summed E-state index contributed by atoms with van der Waals surface area (Å²) < 4.78 is 0. The van der Waals surface area contributed by atoms with Crippen LogP contribution in [0.3, 0.4) is 0 Å². The summed E-state index contributed by atoms with van der Waals surface area (Å²) >= 11 is 0. The minimum absolute atomic E-state index is 0.125. The Labute approximate surface area is 125 Å². The van der Waals surface area contributed by atoms with Crippen molar-refractivity contribution < 1.29 is 4.79 Å². The zero-order valence-corrected chi connectivity index (χ0v) is 12.4. The van der Waals surface area contributed by atoms with Crippen LogP contribution in [0.1, 0.15) is 22.0 Å². The predicted octanol–water partition coefficient (Wildman–Crippen LogP) is 2.30. The van der Waals surface area contributed by atoms with Gasteiger partial charge in [0.25, 0.3) is 5.91 Å². The Morgan fingerprint density at radius 1 is 1.10 bits per heavy atom. The number of carbonyl (C=O) groups excluding carboxylic acids is 1. The van der Waals surface area contributed by atoms with Gasteiger partial charge in [-0.15, -0.1) is 0 Å². The lowest BCUT2D eigenvalue weighted by Gasteiger charge is -2.25. The smallest absolute Gasteiger partial charge is 0.253 e. The van der Waals surface area contributed by atoms with Crippen LogP contribution in [0.5, 0.6) is 0 Å². The van der Waals surface area contributed by atoms with Gasteiger partial charge in [-0.1, -0.05) is 42.5 Å². The van der Waals surface area contributed by atoms with E-state index in [0.717, 1.165) is 0 Å². The lowest BCUT2D eigenvalue weighted by Crippen LogP contribution is -2.34. The number of rotatable bonds is 5. The van der Waals surface area contributed by atoms with Crippen LogP contribution in [-0.4, -0.2) is 31.4 Å². The number of anilines is 1. The normalized spacial score (nSPS) is 12.1. The molecule has 110 valence electrons. The van der Waals surface area contributed by atoms with Gasteiger partial charge < -0.3 is 16.0 Å². The van der Waals surface area contributed by atoms with Gasteiger partial charge in [0, 0.05) is 12.2 Å². The van der Waals surface area contributed by atoms with E-state index in [1.165, 1.54) is 5.56 Å². The Balaban J connectivity index is 2.06. The second-order valence-electron chi connectivity index (χ2n) is 5.19. The fourth-order valence-electron chi connectivity index (χ4n) is 2.26. The molecule has 0 fully saturated rings. The first-order chi connectivity index (χ1) is 10.1. The molecule has 0 saturated heterocycles. The van der Waals surface area contributed by atoms with Crippen LogP contribution in [0.25, 0.3) is 0 Å². The molecular weight excluding hydrogens is 262 g/mol. The Kier molecular flexibility index (Phi) is 4.95. The van der Waals surface area contributed by atoms with Crippen molar-refractivity contribution in [3.8, 4) is 0 Å².